The van der Waals surface area contributed by atoms with E-state index in [0.29, 0.717) is 0 Å². The third kappa shape index (κ3) is 1.74. The van der Waals surface area contributed by atoms with Gasteiger partial charge in [0, 0.05) is 0 Å². The standard InChI is InChI=1S/C5H5.C4H10N.C2H7Si.2C2H5.4CH3.Ti/c1-2-4-5-3-1;1-4(2,3)5;1-3-2;2*1-2;;;;;/h1-3H,4H2;5H,1-3H3;3H,1-2H3;2*1H2,2H3;4*1H3;/q;-1;;;;;;;;+1. The number of nitrogens with one attached hydrogen (secondary N) is 1. The van der Waals surface area contributed by atoms with Crippen LogP contribution in [0.3, 0.4) is 0 Å². The summed E-state index contributed by atoms with van der Waals surface area (Å²) in [5, 5.41) is 11.0. The Morgan fingerprint density at radius 1 is 1.05 bits per heavy atom. The first-order chi connectivity index (χ1) is 9.16. The van der Waals surface area contributed by atoms with Crippen molar-refractivity contribution >= 4 is 6.66 Å². The second kappa shape index (κ2) is 2.89. The predicted molar refractivity (Wildman–Crippen MR) is 108 cm³/mol. The van der Waals surface area contributed by atoms with Crippen molar-refractivity contribution in [1.82, 2.24) is 3.80 Å². The van der Waals surface area contributed by atoms with Gasteiger partial charge < -0.3 is 0 Å². The summed E-state index contributed by atoms with van der Waals surface area (Å²) < 4.78 is 8.67. The van der Waals surface area contributed by atoms with Crippen LogP contribution in [0, 0.1) is 0 Å². The maximum absolute atomic E-state index is 5.06. The Hall–Kier alpha value is 0.371. The van der Waals surface area contributed by atoms with Gasteiger partial charge in [0.2, 0.25) is 0 Å². The number of rotatable bonds is 5. The third-order valence-corrected chi connectivity index (χ3v) is 84.5. The van der Waals surface area contributed by atoms with Crippen molar-refractivity contribution in [2.75, 3.05) is 0 Å². The van der Waals surface area contributed by atoms with E-state index in [1.165, 1.54) is 9.45 Å². The fourth-order valence-corrected chi connectivity index (χ4v) is 38.9. The molecule has 0 saturated heterocycles. The summed E-state index contributed by atoms with van der Waals surface area (Å²) in [7, 11) is -5.06. The second-order valence-electron chi connectivity index (χ2n) is 16.3. The first-order valence-electron chi connectivity index (χ1n) is 9.53. The van der Waals surface area contributed by atoms with Crippen LogP contribution in [-0.2, 0) is 9.69 Å². The molecule has 1 aliphatic rings. The summed E-state index contributed by atoms with van der Waals surface area (Å²) in [6, 6.07) is 0. The van der Waals surface area contributed by atoms with Gasteiger partial charge in [-0.15, -0.1) is 0 Å². The van der Waals surface area contributed by atoms with Crippen LogP contribution in [-0.4, -0.2) is 12.2 Å². The molecule has 1 N–H and O–H groups in total. The van der Waals surface area contributed by atoms with E-state index in [9.17, 15) is 0 Å². The molecule has 0 aromatic rings. The molecule has 1 rings (SSSR count). The number of allylic oxidation sites excluding steroid dienone is 4. The van der Waals surface area contributed by atoms with Gasteiger partial charge in [0.05, 0.1) is 0 Å². The molecule has 0 aromatic carbocycles. The Morgan fingerprint density at radius 2 is 1.50 bits per heavy atom. The summed E-state index contributed by atoms with van der Waals surface area (Å²) in [6.07, 6.45) is 8.24. The van der Waals surface area contributed by atoms with Crippen LogP contribution >= 0.6 is 0 Å². The van der Waals surface area contributed by atoms with E-state index in [-0.39, 0.29) is 5.54 Å². The first kappa shape index (κ1) is 20.4. The van der Waals surface area contributed by atoms with Crippen molar-refractivity contribution in [3.05, 3.63) is 22.1 Å². The van der Waals surface area contributed by atoms with E-state index in [4.69, 9.17) is 0 Å². The average Bonchev–Trinajstić information content (AvgIpc) is 2.83. The predicted octanol–water partition coefficient (Wildman–Crippen LogP) is 7.02. The van der Waals surface area contributed by atoms with Gasteiger partial charge in [0.15, 0.2) is 0 Å². The van der Waals surface area contributed by atoms with E-state index in [1.807, 2.05) is 0 Å². The quantitative estimate of drug-likeness (QED) is 0.518. The fourth-order valence-electron chi connectivity index (χ4n) is 6.38. The van der Waals surface area contributed by atoms with Gasteiger partial charge in [-0.25, -0.2) is 0 Å². The van der Waals surface area contributed by atoms with Crippen molar-refractivity contribution in [2.24, 2.45) is 0 Å². The molecule has 0 amide bonds. The molecule has 0 radical (unpaired) electrons. The van der Waals surface area contributed by atoms with Gasteiger partial charge in [0.1, 0.15) is 0 Å². The molecular formula is C19H44NSiTi. The molecule has 1 aliphatic carbocycles. The van der Waals surface area contributed by atoms with Gasteiger partial charge in [-0.3, -0.25) is 0 Å². The zero-order valence-electron chi connectivity index (χ0n) is 17.4. The zero-order chi connectivity index (χ0) is 17.9. The van der Waals surface area contributed by atoms with Gasteiger partial charge in [-0.2, -0.15) is 0 Å². The van der Waals surface area contributed by atoms with Crippen molar-refractivity contribution in [1.29, 1.82) is 0 Å². The van der Waals surface area contributed by atoms with Crippen LogP contribution in [0.4, 0.5) is 0 Å². The SMILES string of the molecule is C[CH2][Ti]([CH3])([CH3])([CH3])([CH3])([CH2]C)([NH]C(C)(C)C)([C]1=CC=CC1)[SiH](C)C. The van der Waals surface area contributed by atoms with Crippen LogP contribution in [0.25, 0.3) is 0 Å². The molecule has 3 heteroatoms. The average molecular weight is 363 g/mol. The molecule has 0 atom stereocenters. The van der Waals surface area contributed by atoms with Gasteiger partial charge in [0.25, 0.3) is 0 Å². The van der Waals surface area contributed by atoms with E-state index in [2.05, 4.69) is 90.7 Å². The Balaban J connectivity index is 4.42. The molecular weight excluding hydrogens is 318 g/mol. The third-order valence-electron chi connectivity index (χ3n) is 12.2. The van der Waals surface area contributed by atoms with Crippen LogP contribution in [0.2, 0.25) is 43.5 Å². The van der Waals surface area contributed by atoms with Crippen LogP contribution in [0.15, 0.2) is 22.1 Å². The molecule has 0 unspecified atom stereocenters. The van der Waals surface area contributed by atoms with Gasteiger partial charge in [-0.1, -0.05) is 0 Å². The van der Waals surface area contributed by atoms with E-state index in [1.54, 1.807) is 3.88 Å². The Kier molecular flexibility index (Phi) is 2.68. The molecule has 22 heavy (non-hydrogen) atoms. The summed E-state index contributed by atoms with van der Waals surface area (Å²) in [5.74, 6) is 0. The molecule has 0 aliphatic heterocycles. The van der Waals surface area contributed by atoms with Crippen molar-refractivity contribution < 1.29 is 9.69 Å². The van der Waals surface area contributed by atoms with E-state index >= 15 is 0 Å². The summed E-state index contributed by atoms with van der Waals surface area (Å²) in [6.45, 7) is 16.0. The Morgan fingerprint density at radius 3 is 1.73 bits per heavy atom. The van der Waals surface area contributed by atoms with E-state index in [0.717, 1.165) is 6.42 Å². The van der Waals surface area contributed by atoms with Gasteiger partial charge >= 0.3 is 132 Å². The molecule has 0 fully saturated rings. The van der Waals surface area contributed by atoms with Crippen LogP contribution in [0.1, 0.15) is 41.0 Å². The zero-order valence-corrected chi connectivity index (χ0v) is 20.1. The van der Waals surface area contributed by atoms with Gasteiger partial charge in [-0.05, 0) is 0 Å². The maximum atomic E-state index is 4.54. The number of hydrogen-bond acceptors (Lipinski definition) is 1. The normalized spacial score (nSPS) is 26.2. The van der Waals surface area contributed by atoms with Crippen molar-refractivity contribution in [3.8, 4) is 0 Å². The molecule has 0 spiro atoms. The minimum absolute atomic E-state index is 0.0723. The van der Waals surface area contributed by atoms with Crippen LogP contribution in [0.5, 0.6) is 0 Å². The molecule has 0 aromatic heterocycles. The first-order valence-corrected chi connectivity index (χ1v) is 25.1. The fraction of sp³-hybridized carbons (Fsp3) is 0.789. The number of hydrogen-bond donors (Lipinski definition) is 1. The summed E-state index contributed by atoms with van der Waals surface area (Å²) in [4.78, 5) is 0. The Bertz CT molecular complexity index is 663. The summed E-state index contributed by atoms with van der Waals surface area (Å²) in [5.41, 5.74) is 0.0723. The topological polar surface area (TPSA) is 12.0 Å². The summed E-state index contributed by atoms with van der Waals surface area (Å²) >= 11 is 0. The van der Waals surface area contributed by atoms with E-state index < -0.39 is 16.4 Å². The Labute approximate surface area is 132 Å². The van der Waals surface area contributed by atoms with Crippen LogP contribution < -0.4 is 3.80 Å². The molecule has 0 bridgehead atoms. The molecule has 0 heterocycles. The molecule has 0 saturated carbocycles. The minimum atomic E-state index is -5.06. The monoisotopic (exact) mass is 362 g/mol. The molecule has 133 valence electrons. The van der Waals surface area contributed by atoms with Crippen molar-refractivity contribution in [2.45, 2.75) is 90.0 Å². The molecule has 1 nitrogen and oxygen atoms in total. The van der Waals surface area contributed by atoms with Crippen molar-refractivity contribution in [3.63, 3.8) is 0 Å². The second-order valence-corrected chi connectivity index (χ2v) is 76.5.